The van der Waals surface area contributed by atoms with E-state index in [-0.39, 0.29) is 5.56 Å². The molecule has 1 rings (SSSR count). The number of rotatable bonds is 4. The number of nitro groups is 1. The minimum Gasteiger partial charge on any atom is -0.398 e. The van der Waals surface area contributed by atoms with Crippen LogP contribution in [0.4, 0.5) is 23.7 Å². The van der Waals surface area contributed by atoms with E-state index in [1.807, 2.05) is 0 Å². The molecule has 0 radical (unpaired) electrons. The summed E-state index contributed by atoms with van der Waals surface area (Å²) >= 11 is 0. The summed E-state index contributed by atoms with van der Waals surface area (Å²) in [5.41, 5.74) is 5.20. The summed E-state index contributed by atoms with van der Waals surface area (Å²) in [5, 5.41) is 14.0. The first kappa shape index (κ1) is 15.2. The fraction of sp³-hybridized carbons (Fsp3) is 0.111. The van der Waals surface area contributed by atoms with E-state index in [1.165, 1.54) is 0 Å². The Hall–Kier alpha value is -2.85. The highest BCUT2D eigenvalue weighted by atomic mass is 19.4. The van der Waals surface area contributed by atoms with Crippen LogP contribution in [0.15, 0.2) is 23.3 Å². The van der Waals surface area contributed by atoms with Gasteiger partial charge in [0.25, 0.3) is 0 Å². The van der Waals surface area contributed by atoms with E-state index in [9.17, 15) is 28.1 Å². The van der Waals surface area contributed by atoms with Crippen LogP contribution in [0.2, 0.25) is 0 Å². The number of primary amides is 1. The topological polar surface area (TPSA) is 120 Å². The van der Waals surface area contributed by atoms with E-state index in [1.54, 1.807) is 5.43 Å². The van der Waals surface area contributed by atoms with Gasteiger partial charge in [-0.1, -0.05) is 6.07 Å². The molecule has 0 aliphatic rings. The Labute approximate surface area is 109 Å². The van der Waals surface area contributed by atoms with Gasteiger partial charge in [0.2, 0.25) is 5.75 Å². The minimum atomic E-state index is -5.08. The lowest BCUT2D eigenvalue weighted by Crippen LogP contribution is -2.24. The predicted molar refractivity (Wildman–Crippen MR) is 60.1 cm³/mol. The molecule has 0 fully saturated rings. The Morgan fingerprint density at radius 1 is 1.50 bits per heavy atom. The summed E-state index contributed by atoms with van der Waals surface area (Å²) in [6.45, 7) is 0. The first-order valence-corrected chi connectivity index (χ1v) is 4.82. The number of para-hydroxylation sites is 1. The molecule has 2 amide bonds. The predicted octanol–water partition coefficient (Wildman–Crippen LogP) is 1.50. The third-order valence-electron chi connectivity index (χ3n) is 1.82. The first-order valence-electron chi connectivity index (χ1n) is 4.82. The molecule has 8 nitrogen and oxygen atoms in total. The van der Waals surface area contributed by atoms with Gasteiger partial charge in [0.15, 0.2) is 0 Å². The number of nitrogens with two attached hydrogens (primary N) is 1. The summed E-state index contributed by atoms with van der Waals surface area (Å²) in [5.74, 6) is -0.995. The fourth-order valence-electron chi connectivity index (χ4n) is 1.21. The number of benzene rings is 1. The summed E-state index contributed by atoms with van der Waals surface area (Å²) in [4.78, 5) is 20.1. The van der Waals surface area contributed by atoms with Crippen LogP contribution >= 0.6 is 0 Å². The number of nitrogens with zero attached hydrogens (tertiary/aromatic N) is 2. The molecular weight excluding hydrogens is 285 g/mol. The Morgan fingerprint density at radius 3 is 2.65 bits per heavy atom. The van der Waals surface area contributed by atoms with Gasteiger partial charge in [-0.05, 0) is 12.1 Å². The number of hydrogen-bond donors (Lipinski definition) is 2. The summed E-state index contributed by atoms with van der Waals surface area (Å²) in [6.07, 6.45) is -4.31. The average molecular weight is 292 g/mol. The molecule has 3 N–H and O–H groups in total. The second-order valence-corrected chi connectivity index (χ2v) is 3.23. The molecule has 0 saturated heterocycles. The number of ether oxygens (including phenoxy) is 1. The van der Waals surface area contributed by atoms with E-state index in [0.29, 0.717) is 0 Å². The summed E-state index contributed by atoms with van der Waals surface area (Å²) in [7, 11) is 0. The smallest absolute Gasteiger partial charge is 0.398 e. The van der Waals surface area contributed by atoms with Gasteiger partial charge < -0.3 is 10.5 Å². The van der Waals surface area contributed by atoms with Crippen molar-refractivity contribution in [3.63, 3.8) is 0 Å². The van der Waals surface area contributed by atoms with Gasteiger partial charge in [-0.2, -0.15) is 5.10 Å². The minimum absolute atomic E-state index is 0.300. The van der Waals surface area contributed by atoms with E-state index < -0.39 is 28.8 Å². The van der Waals surface area contributed by atoms with Gasteiger partial charge in [0.1, 0.15) is 0 Å². The molecule has 0 aromatic heterocycles. The molecule has 0 bridgehead atoms. The van der Waals surface area contributed by atoms with Crippen LogP contribution in [0.3, 0.4) is 0 Å². The molecule has 0 heterocycles. The van der Waals surface area contributed by atoms with Crippen molar-refractivity contribution in [3.05, 3.63) is 33.9 Å². The largest absolute Gasteiger partial charge is 0.573 e. The SMILES string of the molecule is NC(=O)NN=Cc1cccc(OC(F)(F)F)c1[N+](=O)[O-]. The zero-order valence-electron chi connectivity index (χ0n) is 9.55. The second kappa shape index (κ2) is 5.86. The zero-order chi connectivity index (χ0) is 15.3. The molecule has 0 atom stereocenters. The van der Waals surface area contributed by atoms with Crippen molar-refractivity contribution in [3.8, 4) is 5.75 Å². The Kier molecular flexibility index (Phi) is 4.46. The second-order valence-electron chi connectivity index (χ2n) is 3.23. The number of alkyl halides is 3. The highest BCUT2D eigenvalue weighted by Crippen LogP contribution is 2.33. The van der Waals surface area contributed by atoms with Gasteiger partial charge in [-0.15, -0.1) is 13.2 Å². The normalized spacial score (nSPS) is 11.3. The molecule has 1 aromatic carbocycles. The quantitative estimate of drug-likeness (QED) is 0.496. The Morgan fingerprint density at radius 2 is 2.15 bits per heavy atom. The van der Waals surface area contributed by atoms with Crippen molar-refractivity contribution >= 4 is 17.9 Å². The molecule has 0 aliphatic heterocycles. The molecule has 0 unspecified atom stereocenters. The van der Waals surface area contributed by atoms with Crippen LogP contribution in [0.5, 0.6) is 5.75 Å². The summed E-state index contributed by atoms with van der Waals surface area (Å²) < 4.78 is 39.9. The number of nitrogens with one attached hydrogen (secondary N) is 1. The van der Waals surface area contributed by atoms with Crippen molar-refractivity contribution < 1.29 is 27.6 Å². The number of amides is 2. The van der Waals surface area contributed by atoms with Crippen molar-refractivity contribution in [2.24, 2.45) is 10.8 Å². The van der Waals surface area contributed by atoms with Crippen LogP contribution in [-0.2, 0) is 0 Å². The van der Waals surface area contributed by atoms with Gasteiger partial charge in [0.05, 0.1) is 16.7 Å². The van der Waals surface area contributed by atoms with Crippen LogP contribution in [0, 0.1) is 10.1 Å². The van der Waals surface area contributed by atoms with Gasteiger partial charge in [-0.3, -0.25) is 10.1 Å². The van der Waals surface area contributed by atoms with E-state index >= 15 is 0 Å². The van der Waals surface area contributed by atoms with E-state index in [0.717, 1.165) is 24.4 Å². The van der Waals surface area contributed by atoms with Crippen LogP contribution in [0.1, 0.15) is 5.56 Å². The molecule has 0 saturated carbocycles. The van der Waals surface area contributed by atoms with Gasteiger partial charge in [0, 0.05) is 0 Å². The first-order chi connectivity index (χ1) is 9.20. The van der Waals surface area contributed by atoms with Crippen LogP contribution < -0.4 is 15.9 Å². The molecule has 11 heteroatoms. The lowest BCUT2D eigenvalue weighted by atomic mass is 10.2. The van der Waals surface area contributed by atoms with Crippen LogP contribution in [0.25, 0.3) is 0 Å². The number of urea groups is 1. The lowest BCUT2D eigenvalue weighted by Gasteiger charge is -2.09. The third-order valence-corrected chi connectivity index (χ3v) is 1.82. The number of nitro benzene ring substituents is 1. The maximum absolute atomic E-state index is 12.1. The zero-order valence-corrected chi connectivity index (χ0v) is 9.55. The average Bonchev–Trinajstić information content (AvgIpc) is 2.25. The third kappa shape index (κ3) is 4.44. The maximum atomic E-state index is 12.1. The lowest BCUT2D eigenvalue weighted by molar-refractivity contribution is -0.388. The highest BCUT2D eigenvalue weighted by Gasteiger charge is 2.35. The van der Waals surface area contributed by atoms with Crippen LogP contribution in [-0.4, -0.2) is 23.5 Å². The van der Waals surface area contributed by atoms with E-state index in [2.05, 4.69) is 9.84 Å². The van der Waals surface area contributed by atoms with Crippen molar-refractivity contribution in [1.29, 1.82) is 0 Å². The Balaban J connectivity index is 3.18. The molecular formula is C9H7F3N4O4. The van der Waals surface area contributed by atoms with Crippen molar-refractivity contribution in [1.82, 2.24) is 5.43 Å². The fourth-order valence-corrected chi connectivity index (χ4v) is 1.21. The van der Waals surface area contributed by atoms with Gasteiger partial charge >= 0.3 is 18.1 Å². The Bertz CT molecular complexity index is 559. The van der Waals surface area contributed by atoms with E-state index in [4.69, 9.17) is 5.73 Å². The molecule has 20 heavy (non-hydrogen) atoms. The standard InChI is InChI=1S/C9H7F3N4O4/c10-9(11,12)20-6-3-1-2-5(7(6)16(18)19)4-14-15-8(13)17/h1-4H,(H3,13,15,17). The molecule has 0 aliphatic carbocycles. The number of carbonyl (C=O) groups is 1. The van der Waals surface area contributed by atoms with Gasteiger partial charge in [-0.25, -0.2) is 10.2 Å². The molecule has 108 valence electrons. The summed E-state index contributed by atoms with van der Waals surface area (Å²) in [6, 6.07) is 1.96. The number of hydrazone groups is 1. The monoisotopic (exact) mass is 292 g/mol. The number of halogens is 3. The molecule has 1 aromatic rings. The van der Waals surface area contributed by atoms with Crippen molar-refractivity contribution in [2.45, 2.75) is 6.36 Å². The van der Waals surface area contributed by atoms with Crippen molar-refractivity contribution in [2.75, 3.05) is 0 Å². The maximum Gasteiger partial charge on any atom is 0.573 e. The number of hydrogen-bond acceptors (Lipinski definition) is 5. The number of carbonyl (C=O) groups excluding carboxylic acids is 1. The highest BCUT2D eigenvalue weighted by molar-refractivity contribution is 5.88. The molecule has 0 spiro atoms.